The average Bonchev–Trinajstić information content (AvgIpc) is 2.15. The second-order valence-electron chi connectivity index (χ2n) is 2.29. The maximum absolute atomic E-state index is 10.8. The summed E-state index contributed by atoms with van der Waals surface area (Å²) in [6, 6.07) is 3.78. The maximum atomic E-state index is 10.8. The zero-order chi connectivity index (χ0) is 10.8. The van der Waals surface area contributed by atoms with Crippen molar-refractivity contribution in [2.45, 2.75) is 5.03 Å². The maximum Gasteiger partial charge on any atom is 0.278 e. The van der Waals surface area contributed by atoms with Crippen LogP contribution in [0.4, 0.5) is 0 Å². The minimum absolute atomic E-state index is 0.0378. The summed E-state index contributed by atoms with van der Waals surface area (Å²) in [5.74, 6) is 0. The Morgan fingerprint density at radius 2 is 2.14 bits per heavy atom. The van der Waals surface area contributed by atoms with Crippen LogP contribution in [0, 0.1) is 11.3 Å². The molecule has 1 aromatic rings. The van der Waals surface area contributed by atoms with Crippen molar-refractivity contribution in [1.82, 2.24) is 4.98 Å². The third-order valence-electron chi connectivity index (χ3n) is 1.32. The van der Waals surface area contributed by atoms with Gasteiger partial charge in [0.05, 0.1) is 0 Å². The van der Waals surface area contributed by atoms with Gasteiger partial charge in [-0.2, -0.15) is 5.26 Å². The van der Waals surface area contributed by atoms with Gasteiger partial charge < -0.3 is 0 Å². The van der Waals surface area contributed by atoms with E-state index in [9.17, 15) is 13.2 Å². The Labute approximate surface area is 84.4 Å². The molecule has 72 valence electrons. The van der Waals surface area contributed by atoms with Gasteiger partial charge in [0.15, 0.2) is 5.03 Å². The summed E-state index contributed by atoms with van der Waals surface area (Å²) in [6.45, 7) is 0. The molecule has 0 bridgehead atoms. The third kappa shape index (κ3) is 2.28. The molecular formula is C7H3ClN2O3S. The van der Waals surface area contributed by atoms with Crippen molar-refractivity contribution in [3.05, 3.63) is 23.4 Å². The lowest BCUT2D eigenvalue weighted by molar-refractivity contribution is 0.112. The second kappa shape index (κ2) is 3.74. The third-order valence-corrected chi connectivity index (χ3v) is 2.51. The Morgan fingerprint density at radius 3 is 2.57 bits per heavy atom. The molecule has 0 radical (unpaired) electrons. The van der Waals surface area contributed by atoms with Gasteiger partial charge in [0.25, 0.3) is 9.05 Å². The molecule has 0 atom stereocenters. The average molecular weight is 231 g/mol. The smallest absolute Gasteiger partial charge is 0.278 e. The Bertz CT molecular complexity index is 518. The molecule has 0 aliphatic carbocycles. The van der Waals surface area contributed by atoms with Crippen LogP contribution in [-0.2, 0) is 9.05 Å². The molecule has 0 N–H and O–H groups in total. The van der Waals surface area contributed by atoms with Gasteiger partial charge in [-0.05, 0) is 12.1 Å². The van der Waals surface area contributed by atoms with Crippen LogP contribution in [0.5, 0.6) is 0 Å². The molecule has 0 aliphatic rings. The molecule has 5 nitrogen and oxygen atoms in total. The highest BCUT2D eigenvalue weighted by molar-refractivity contribution is 8.13. The van der Waals surface area contributed by atoms with E-state index >= 15 is 0 Å². The second-order valence-corrected chi connectivity index (χ2v) is 4.80. The van der Waals surface area contributed by atoms with E-state index in [2.05, 4.69) is 4.98 Å². The van der Waals surface area contributed by atoms with Crippen molar-refractivity contribution in [3.63, 3.8) is 0 Å². The van der Waals surface area contributed by atoms with Gasteiger partial charge in [-0.15, -0.1) is 0 Å². The number of halogens is 1. The SMILES string of the molecule is N#Cc1cc(C=O)cc(S(=O)(=O)Cl)n1. The lowest BCUT2D eigenvalue weighted by atomic mass is 10.2. The Kier molecular flexibility index (Phi) is 2.84. The number of carbonyl (C=O) groups excluding carboxylic acids is 1. The van der Waals surface area contributed by atoms with Crippen LogP contribution in [0.15, 0.2) is 17.2 Å². The van der Waals surface area contributed by atoms with Gasteiger partial charge in [-0.1, -0.05) is 0 Å². The number of pyridine rings is 1. The summed E-state index contributed by atoms with van der Waals surface area (Å²) >= 11 is 0. The molecule has 1 heterocycles. The van der Waals surface area contributed by atoms with Crippen LogP contribution in [0.25, 0.3) is 0 Å². The molecule has 0 unspecified atom stereocenters. The van der Waals surface area contributed by atoms with E-state index < -0.39 is 14.1 Å². The van der Waals surface area contributed by atoms with Crippen molar-refractivity contribution in [2.75, 3.05) is 0 Å². The topological polar surface area (TPSA) is 87.9 Å². The number of aromatic nitrogens is 1. The highest BCUT2D eigenvalue weighted by atomic mass is 35.7. The fraction of sp³-hybridized carbons (Fsp3) is 0. The molecule has 1 aromatic heterocycles. The van der Waals surface area contributed by atoms with Crippen LogP contribution in [-0.4, -0.2) is 19.7 Å². The number of nitrogens with zero attached hydrogens (tertiary/aromatic N) is 2. The number of hydrogen-bond donors (Lipinski definition) is 0. The van der Waals surface area contributed by atoms with E-state index in [0.717, 1.165) is 6.07 Å². The molecule has 0 amide bonds. The summed E-state index contributed by atoms with van der Waals surface area (Å²) < 4.78 is 21.7. The molecule has 0 saturated carbocycles. The normalized spacial score (nSPS) is 10.6. The predicted octanol–water partition coefficient (Wildman–Crippen LogP) is 0.693. The predicted molar refractivity (Wildman–Crippen MR) is 47.4 cm³/mol. The van der Waals surface area contributed by atoms with Crippen molar-refractivity contribution >= 4 is 26.0 Å². The first-order valence-corrected chi connectivity index (χ1v) is 5.60. The van der Waals surface area contributed by atoms with E-state index in [0.29, 0.717) is 6.29 Å². The lowest BCUT2D eigenvalue weighted by Crippen LogP contribution is -1.99. The highest BCUT2D eigenvalue weighted by Crippen LogP contribution is 2.14. The summed E-state index contributed by atoms with van der Waals surface area (Å²) in [7, 11) is 0.984. The van der Waals surface area contributed by atoms with Gasteiger partial charge >= 0.3 is 0 Å². The first-order chi connectivity index (χ1) is 6.47. The Hall–Kier alpha value is -1.45. The minimum Gasteiger partial charge on any atom is -0.298 e. The standard InChI is InChI=1S/C7H3ClN2O3S/c8-14(12,13)7-2-5(4-11)1-6(3-9)10-7/h1-2,4H. The Balaban J connectivity index is 3.49. The number of nitriles is 1. The van der Waals surface area contributed by atoms with Gasteiger partial charge in [0, 0.05) is 16.2 Å². The van der Waals surface area contributed by atoms with E-state index in [1.54, 1.807) is 6.07 Å². The van der Waals surface area contributed by atoms with Crippen molar-refractivity contribution < 1.29 is 13.2 Å². The van der Waals surface area contributed by atoms with Crippen LogP contribution in [0.2, 0.25) is 0 Å². The zero-order valence-electron chi connectivity index (χ0n) is 6.64. The molecular weight excluding hydrogens is 228 g/mol. The summed E-state index contributed by atoms with van der Waals surface area (Å²) in [5, 5.41) is 7.98. The van der Waals surface area contributed by atoms with Gasteiger partial charge in [0.2, 0.25) is 0 Å². The number of hydrogen-bond acceptors (Lipinski definition) is 5. The highest BCUT2D eigenvalue weighted by Gasteiger charge is 2.14. The largest absolute Gasteiger partial charge is 0.298 e. The molecule has 0 aromatic carbocycles. The summed E-state index contributed by atoms with van der Waals surface area (Å²) in [4.78, 5) is 13.8. The van der Waals surface area contributed by atoms with Gasteiger partial charge in [-0.25, -0.2) is 13.4 Å². The lowest BCUT2D eigenvalue weighted by Gasteiger charge is -1.97. The molecule has 7 heteroatoms. The molecule has 0 aliphatic heterocycles. The molecule has 0 saturated heterocycles. The molecule has 1 rings (SSSR count). The Morgan fingerprint density at radius 1 is 1.50 bits per heavy atom. The fourth-order valence-corrected chi connectivity index (χ4v) is 1.50. The fourth-order valence-electron chi connectivity index (χ4n) is 0.776. The first-order valence-electron chi connectivity index (χ1n) is 3.29. The van der Waals surface area contributed by atoms with Crippen molar-refractivity contribution in [1.29, 1.82) is 5.26 Å². The van der Waals surface area contributed by atoms with Crippen LogP contribution in [0.1, 0.15) is 16.1 Å². The van der Waals surface area contributed by atoms with Gasteiger partial charge in [-0.3, -0.25) is 4.79 Å². The first kappa shape index (κ1) is 10.6. The number of carbonyl (C=O) groups is 1. The van der Waals surface area contributed by atoms with Crippen molar-refractivity contribution in [3.8, 4) is 6.07 Å². The van der Waals surface area contributed by atoms with E-state index in [1.165, 1.54) is 6.07 Å². The quantitative estimate of drug-likeness (QED) is 0.551. The van der Waals surface area contributed by atoms with Crippen LogP contribution < -0.4 is 0 Å². The van der Waals surface area contributed by atoms with Crippen LogP contribution in [0.3, 0.4) is 0 Å². The van der Waals surface area contributed by atoms with Crippen molar-refractivity contribution in [2.24, 2.45) is 0 Å². The molecule has 0 spiro atoms. The van der Waals surface area contributed by atoms with E-state index in [-0.39, 0.29) is 11.3 Å². The zero-order valence-corrected chi connectivity index (χ0v) is 8.21. The molecule has 0 fully saturated rings. The molecule has 14 heavy (non-hydrogen) atoms. The summed E-state index contributed by atoms with van der Waals surface area (Å²) in [5.41, 5.74) is -0.135. The minimum atomic E-state index is -4.02. The van der Waals surface area contributed by atoms with Crippen LogP contribution >= 0.6 is 10.7 Å². The monoisotopic (exact) mass is 230 g/mol. The van der Waals surface area contributed by atoms with Gasteiger partial charge in [0.1, 0.15) is 18.0 Å². The number of aldehydes is 1. The number of rotatable bonds is 2. The van der Waals surface area contributed by atoms with E-state index in [1.807, 2.05) is 0 Å². The van der Waals surface area contributed by atoms with E-state index in [4.69, 9.17) is 15.9 Å². The summed E-state index contributed by atoms with van der Waals surface area (Å²) in [6.07, 6.45) is 0.411.